The third-order valence-corrected chi connectivity index (χ3v) is 4.49. The van der Waals surface area contributed by atoms with Gasteiger partial charge in [-0.1, -0.05) is 17.3 Å². The van der Waals surface area contributed by atoms with Crippen molar-refractivity contribution in [1.29, 1.82) is 0 Å². The number of halogens is 1. The van der Waals surface area contributed by atoms with Crippen LogP contribution >= 0.6 is 0 Å². The highest BCUT2D eigenvalue weighted by Crippen LogP contribution is 2.30. The average molecular weight is 338 g/mol. The summed E-state index contributed by atoms with van der Waals surface area (Å²) in [7, 11) is 1.54. The second-order valence-corrected chi connectivity index (χ2v) is 5.91. The minimum Gasteiger partial charge on any atom is -0.373 e. The maximum Gasteiger partial charge on any atom is 0.238 e. The number of aromatic nitrogens is 4. The fourth-order valence-electron chi connectivity index (χ4n) is 3.17. The maximum absolute atomic E-state index is 13.9. The summed E-state index contributed by atoms with van der Waals surface area (Å²) in [6.45, 7) is 1.82. The van der Waals surface area contributed by atoms with Gasteiger partial charge in [0, 0.05) is 30.9 Å². The molecule has 0 N–H and O–H groups in total. The lowest BCUT2D eigenvalue weighted by Crippen LogP contribution is -2.17. The van der Waals surface area contributed by atoms with Crippen LogP contribution < -0.4 is 0 Å². The number of hydrogen-bond donors (Lipinski definition) is 0. The Bertz CT molecular complexity index is 983. The summed E-state index contributed by atoms with van der Waals surface area (Å²) in [5.74, 6) is -0.605. The number of ether oxygens (including phenoxy) is 1. The van der Waals surface area contributed by atoms with Crippen molar-refractivity contribution in [2.75, 3.05) is 7.11 Å². The van der Waals surface area contributed by atoms with Gasteiger partial charge in [0.15, 0.2) is 5.78 Å². The first-order chi connectivity index (χ1) is 12.1. The van der Waals surface area contributed by atoms with Crippen LogP contribution in [0.2, 0.25) is 0 Å². The number of pyridine rings is 1. The fraction of sp³-hybridized carbons (Fsp3) is 0.222. The van der Waals surface area contributed by atoms with Crippen molar-refractivity contribution >= 4 is 5.78 Å². The number of carbonyl (C=O) groups excluding carboxylic acids is 1. The van der Waals surface area contributed by atoms with Crippen LogP contribution in [0.4, 0.5) is 4.39 Å². The number of Topliss-reactive ketones (excluding diaryl/α,β-unsaturated/α-hetero) is 1. The lowest BCUT2D eigenvalue weighted by molar-refractivity contribution is 0.0646. The summed E-state index contributed by atoms with van der Waals surface area (Å²) >= 11 is 0. The Morgan fingerprint density at radius 1 is 1.32 bits per heavy atom. The zero-order valence-corrected chi connectivity index (χ0v) is 13.7. The Balaban J connectivity index is 1.76. The van der Waals surface area contributed by atoms with Gasteiger partial charge in [-0.3, -0.25) is 4.79 Å². The molecule has 0 saturated carbocycles. The SMILES string of the molecule is COC1Cc2cc(-c3nnn(-c4cccnc4F)c3C)ccc2C1=O. The Morgan fingerprint density at radius 2 is 2.16 bits per heavy atom. The molecule has 1 atom stereocenters. The Hall–Kier alpha value is -2.93. The molecule has 1 unspecified atom stereocenters. The van der Waals surface area contributed by atoms with Crippen LogP contribution in [0.3, 0.4) is 0 Å². The molecule has 1 aliphatic carbocycles. The number of carbonyl (C=O) groups is 1. The highest BCUT2D eigenvalue weighted by atomic mass is 19.1. The molecular formula is C18H15FN4O2. The first-order valence-electron chi connectivity index (χ1n) is 7.83. The molecule has 1 aliphatic rings. The number of rotatable bonds is 3. The minimum absolute atomic E-state index is 0.00172. The zero-order chi connectivity index (χ0) is 17.6. The Kier molecular flexibility index (Phi) is 3.65. The molecule has 0 radical (unpaired) electrons. The summed E-state index contributed by atoms with van der Waals surface area (Å²) in [5, 5.41) is 8.25. The van der Waals surface area contributed by atoms with Crippen LogP contribution in [0.5, 0.6) is 0 Å². The standard InChI is InChI=1S/C18H15FN4O2/c1-10-16(21-22-23(10)14-4-3-7-20-18(14)19)11-5-6-13-12(8-11)9-15(25-2)17(13)24/h3-8,15H,9H2,1-2H3. The number of hydrogen-bond acceptors (Lipinski definition) is 5. The van der Waals surface area contributed by atoms with E-state index >= 15 is 0 Å². The molecule has 126 valence electrons. The van der Waals surface area contributed by atoms with Gasteiger partial charge < -0.3 is 4.74 Å². The van der Waals surface area contributed by atoms with Gasteiger partial charge in [-0.15, -0.1) is 5.10 Å². The molecule has 4 rings (SSSR count). The summed E-state index contributed by atoms with van der Waals surface area (Å²) in [4.78, 5) is 15.8. The maximum atomic E-state index is 13.9. The van der Waals surface area contributed by atoms with Gasteiger partial charge in [-0.2, -0.15) is 4.39 Å². The summed E-state index contributed by atoms with van der Waals surface area (Å²) in [6.07, 6.45) is 1.50. The van der Waals surface area contributed by atoms with Gasteiger partial charge in [0.25, 0.3) is 0 Å². The fourth-order valence-corrected chi connectivity index (χ4v) is 3.17. The largest absolute Gasteiger partial charge is 0.373 e. The van der Waals surface area contributed by atoms with Crippen LogP contribution in [-0.2, 0) is 11.2 Å². The van der Waals surface area contributed by atoms with E-state index in [0.29, 0.717) is 23.4 Å². The highest BCUT2D eigenvalue weighted by molar-refractivity contribution is 6.04. The first-order valence-corrected chi connectivity index (χ1v) is 7.83. The van der Waals surface area contributed by atoms with Gasteiger partial charge in [0.05, 0.1) is 5.69 Å². The van der Waals surface area contributed by atoms with Gasteiger partial charge >= 0.3 is 0 Å². The number of methoxy groups -OCH3 is 1. The molecule has 3 aromatic rings. The molecule has 2 heterocycles. The third-order valence-electron chi connectivity index (χ3n) is 4.49. The van der Waals surface area contributed by atoms with E-state index < -0.39 is 12.1 Å². The molecule has 0 aliphatic heterocycles. The van der Waals surface area contributed by atoms with Crippen molar-refractivity contribution in [1.82, 2.24) is 20.0 Å². The van der Waals surface area contributed by atoms with Gasteiger partial charge in [-0.05, 0) is 30.7 Å². The van der Waals surface area contributed by atoms with Gasteiger partial charge in [0.2, 0.25) is 5.95 Å². The summed E-state index contributed by atoms with van der Waals surface area (Å²) in [6, 6.07) is 8.78. The minimum atomic E-state index is -0.607. The van der Waals surface area contributed by atoms with Crippen LogP contribution in [0.1, 0.15) is 21.6 Å². The second-order valence-electron chi connectivity index (χ2n) is 5.91. The molecule has 25 heavy (non-hydrogen) atoms. The van der Waals surface area contributed by atoms with Crippen molar-refractivity contribution in [2.24, 2.45) is 0 Å². The smallest absolute Gasteiger partial charge is 0.238 e. The second kappa shape index (κ2) is 5.86. The van der Waals surface area contributed by atoms with E-state index in [9.17, 15) is 9.18 Å². The van der Waals surface area contributed by atoms with Crippen molar-refractivity contribution < 1.29 is 13.9 Å². The lowest BCUT2D eigenvalue weighted by Gasteiger charge is -2.05. The van der Waals surface area contributed by atoms with E-state index in [1.165, 1.54) is 18.0 Å². The third kappa shape index (κ3) is 2.44. The number of ketones is 1. The van der Waals surface area contributed by atoms with Crippen molar-refractivity contribution in [3.63, 3.8) is 0 Å². The van der Waals surface area contributed by atoms with E-state index in [-0.39, 0.29) is 11.5 Å². The van der Waals surface area contributed by atoms with Crippen LogP contribution in [0, 0.1) is 12.9 Å². The molecule has 0 fully saturated rings. The van der Waals surface area contributed by atoms with Gasteiger partial charge in [-0.25, -0.2) is 9.67 Å². The molecule has 0 bridgehead atoms. The molecule has 7 heteroatoms. The number of fused-ring (bicyclic) bond motifs is 1. The molecule has 0 saturated heterocycles. The highest BCUT2D eigenvalue weighted by Gasteiger charge is 2.30. The van der Waals surface area contributed by atoms with E-state index in [4.69, 9.17) is 4.74 Å². The first kappa shape index (κ1) is 15.6. The predicted molar refractivity (Wildman–Crippen MR) is 88.1 cm³/mol. The monoisotopic (exact) mass is 338 g/mol. The van der Waals surface area contributed by atoms with Crippen LogP contribution in [0.25, 0.3) is 16.9 Å². The summed E-state index contributed by atoms with van der Waals surface area (Å²) < 4.78 is 20.6. The average Bonchev–Trinajstić information content (AvgIpc) is 3.15. The molecule has 0 amide bonds. The Labute approximate surface area is 143 Å². The Morgan fingerprint density at radius 3 is 2.92 bits per heavy atom. The number of nitrogens with zero attached hydrogens (tertiary/aromatic N) is 4. The van der Waals surface area contributed by atoms with Crippen LogP contribution in [0.15, 0.2) is 36.5 Å². The van der Waals surface area contributed by atoms with Gasteiger partial charge in [0.1, 0.15) is 17.5 Å². The van der Waals surface area contributed by atoms with E-state index in [0.717, 1.165) is 11.1 Å². The van der Waals surface area contributed by atoms with E-state index in [1.807, 2.05) is 19.1 Å². The molecular weight excluding hydrogens is 323 g/mol. The predicted octanol–water partition coefficient (Wildman–Crippen LogP) is 2.53. The quantitative estimate of drug-likeness (QED) is 0.687. The molecule has 1 aromatic carbocycles. The molecule has 2 aromatic heterocycles. The normalized spacial score (nSPS) is 16.3. The molecule has 0 spiro atoms. The van der Waals surface area contributed by atoms with E-state index in [2.05, 4.69) is 15.3 Å². The topological polar surface area (TPSA) is 69.9 Å². The molecule has 6 nitrogen and oxygen atoms in total. The number of benzene rings is 1. The van der Waals surface area contributed by atoms with Crippen LogP contribution in [-0.4, -0.2) is 39.0 Å². The van der Waals surface area contributed by atoms with E-state index in [1.54, 1.807) is 18.2 Å². The lowest BCUT2D eigenvalue weighted by atomic mass is 10.0. The zero-order valence-electron chi connectivity index (χ0n) is 13.7. The van der Waals surface area contributed by atoms with Crippen molar-refractivity contribution in [3.8, 4) is 16.9 Å². The van der Waals surface area contributed by atoms with Crippen molar-refractivity contribution in [2.45, 2.75) is 19.4 Å². The summed E-state index contributed by atoms with van der Waals surface area (Å²) in [5.41, 5.74) is 4.01. The van der Waals surface area contributed by atoms with Crippen molar-refractivity contribution in [3.05, 3.63) is 59.3 Å².